The summed E-state index contributed by atoms with van der Waals surface area (Å²) in [6, 6.07) is 0. The molecule has 17 heavy (non-hydrogen) atoms. The second-order valence-corrected chi connectivity index (χ2v) is 4.99. The van der Waals surface area contributed by atoms with E-state index >= 15 is 0 Å². The molecular formula is C14H26NdO2. The van der Waals surface area contributed by atoms with Gasteiger partial charge in [0.15, 0.2) is 0 Å². The first-order chi connectivity index (χ1) is 7.33. The summed E-state index contributed by atoms with van der Waals surface area (Å²) in [5, 5.41) is 8.37. The minimum Gasteiger partial charge on any atom is -0.481 e. The SMILES string of the molecule is C=CC=C.CC(C)(C)CCCCCC(=O)O.[Nd]. The number of carboxylic acid groups (broad SMARTS) is 1. The molecule has 0 unspecified atom stereocenters. The number of unbranched alkanes of at least 4 members (excludes halogenated alkanes) is 2. The Morgan fingerprint density at radius 3 is 1.88 bits per heavy atom. The van der Waals surface area contributed by atoms with E-state index in [0.29, 0.717) is 11.8 Å². The van der Waals surface area contributed by atoms with Crippen molar-refractivity contribution >= 4 is 5.97 Å². The number of aliphatic carboxylic acids is 1. The summed E-state index contributed by atoms with van der Waals surface area (Å²) >= 11 is 0. The van der Waals surface area contributed by atoms with Crippen molar-refractivity contribution < 1.29 is 50.7 Å². The van der Waals surface area contributed by atoms with Crippen LogP contribution >= 0.6 is 0 Å². The molecule has 0 amide bonds. The second kappa shape index (κ2) is 14.4. The average molecular weight is 371 g/mol. The van der Waals surface area contributed by atoms with Gasteiger partial charge in [-0.15, -0.1) is 0 Å². The number of carbonyl (C=O) groups is 1. The Hall–Kier alpha value is 0.301. The first-order valence-corrected chi connectivity index (χ1v) is 5.78. The molecule has 0 aliphatic heterocycles. The topological polar surface area (TPSA) is 37.3 Å². The minimum absolute atomic E-state index is 0. The van der Waals surface area contributed by atoms with Gasteiger partial charge < -0.3 is 5.11 Å². The van der Waals surface area contributed by atoms with Gasteiger partial charge in [-0.3, -0.25) is 4.79 Å². The van der Waals surface area contributed by atoms with Gasteiger partial charge in [0.2, 0.25) is 0 Å². The van der Waals surface area contributed by atoms with Crippen molar-refractivity contribution in [1.82, 2.24) is 0 Å². The van der Waals surface area contributed by atoms with Crippen molar-refractivity contribution in [3.8, 4) is 0 Å². The average Bonchev–Trinajstić information content (AvgIpc) is 2.15. The van der Waals surface area contributed by atoms with Crippen molar-refractivity contribution in [2.24, 2.45) is 5.41 Å². The normalized spacial score (nSPS) is 9.35. The van der Waals surface area contributed by atoms with E-state index in [9.17, 15) is 4.79 Å². The van der Waals surface area contributed by atoms with Crippen LogP contribution in [-0.2, 0) is 4.79 Å². The largest absolute Gasteiger partial charge is 0.481 e. The van der Waals surface area contributed by atoms with Crippen LogP contribution in [0.2, 0.25) is 0 Å². The van der Waals surface area contributed by atoms with E-state index in [2.05, 4.69) is 33.9 Å². The van der Waals surface area contributed by atoms with E-state index in [1.54, 1.807) is 12.2 Å². The monoisotopic (exact) mass is 368 g/mol. The maximum absolute atomic E-state index is 10.2. The molecule has 0 aromatic carbocycles. The fourth-order valence-corrected chi connectivity index (χ4v) is 1.11. The van der Waals surface area contributed by atoms with Gasteiger partial charge in [-0.1, -0.05) is 58.9 Å². The standard InChI is InChI=1S/C10H20O2.C4H6.Nd/c1-10(2,3)8-6-4-5-7-9(11)12;1-3-4-2;/h4-8H2,1-3H3,(H,11,12);3-4H,1-2H2;. The molecule has 98 valence electrons. The predicted octanol–water partition coefficient (Wildman–Crippen LogP) is 4.43. The molecule has 0 aromatic heterocycles. The van der Waals surface area contributed by atoms with E-state index < -0.39 is 5.97 Å². The first-order valence-electron chi connectivity index (χ1n) is 5.78. The maximum Gasteiger partial charge on any atom is 0.303 e. The summed E-state index contributed by atoms with van der Waals surface area (Å²) < 4.78 is 0. The van der Waals surface area contributed by atoms with E-state index in [1.807, 2.05) is 0 Å². The van der Waals surface area contributed by atoms with Crippen LogP contribution in [0.3, 0.4) is 0 Å². The second-order valence-electron chi connectivity index (χ2n) is 4.99. The number of hydrogen-bond donors (Lipinski definition) is 1. The van der Waals surface area contributed by atoms with Crippen molar-refractivity contribution in [2.75, 3.05) is 0 Å². The van der Waals surface area contributed by atoms with Gasteiger partial charge in [-0.2, -0.15) is 0 Å². The summed E-state index contributed by atoms with van der Waals surface area (Å²) in [5.41, 5.74) is 0.392. The van der Waals surface area contributed by atoms with Crippen molar-refractivity contribution in [2.45, 2.75) is 52.9 Å². The summed E-state index contributed by atoms with van der Waals surface area (Å²) in [6.07, 6.45) is 7.81. The van der Waals surface area contributed by atoms with Crippen LogP contribution < -0.4 is 0 Å². The van der Waals surface area contributed by atoms with Crippen molar-refractivity contribution in [1.29, 1.82) is 0 Å². The maximum atomic E-state index is 10.2. The molecule has 2 nitrogen and oxygen atoms in total. The number of allylic oxidation sites excluding steroid dienone is 2. The van der Waals surface area contributed by atoms with Gasteiger partial charge in [-0.05, 0) is 18.3 Å². The number of carboxylic acids is 1. The third-order valence-electron chi connectivity index (χ3n) is 1.98. The quantitative estimate of drug-likeness (QED) is 0.555. The molecule has 1 N–H and O–H groups in total. The molecule has 0 rings (SSSR count). The smallest absolute Gasteiger partial charge is 0.303 e. The minimum atomic E-state index is -0.675. The zero-order chi connectivity index (χ0) is 13.0. The van der Waals surface area contributed by atoms with Gasteiger partial charge in [-0.25, -0.2) is 0 Å². The third kappa shape index (κ3) is 31.4. The Kier molecular flexibility index (Phi) is 19.0. The fraction of sp³-hybridized carbons (Fsp3) is 0.643. The van der Waals surface area contributed by atoms with Crippen LogP contribution in [0, 0.1) is 46.3 Å². The Morgan fingerprint density at radius 1 is 1.12 bits per heavy atom. The van der Waals surface area contributed by atoms with E-state index in [1.165, 1.54) is 6.42 Å². The van der Waals surface area contributed by atoms with E-state index in [0.717, 1.165) is 19.3 Å². The molecule has 0 saturated carbocycles. The number of rotatable bonds is 6. The molecule has 0 fully saturated rings. The van der Waals surface area contributed by atoms with Gasteiger partial charge in [0, 0.05) is 47.3 Å². The van der Waals surface area contributed by atoms with Crippen LogP contribution in [0.25, 0.3) is 0 Å². The zero-order valence-electron chi connectivity index (χ0n) is 11.5. The third-order valence-corrected chi connectivity index (χ3v) is 1.98. The molecular weight excluding hydrogens is 344 g/mol. The zero-order valence-corrected chi connectivity index (χ0v) is 14.7. The Bertz CT molecular complexity index is 199. The Morgan fingerprint density at radius 2 is 1.59 bits per heavy atom. The Labute approximate surface area is 139 Å². The summed E-state index contributed by atoms with van der Waals surface area (Å²) in [6.45, 7) is 13.4. The number of hydrogen-bond acceptors (Lipinski definition) is 1. The molecule has 0 aromatic rings. The van der Waals surface area contributed by atoms with Gasteiger partial charge in [0.25, 0.3) is 0 Å². The van der Waals surface area contributed by atoms with Crippen molar-refractivity contribution in [3.05, 3.63) is 25.3 Å². The fourth-order valence-electron chi connectivity index (χ4n) is 1.11. The van der Waals surface area contributed by atoms with Gasteiger partial charge in [0.05, 0.1) is 0 Å². The molecule has 0 spiro atoms. The predicted molar refractivity (Wildman–Crippen MR) is 70.6 cm³/mol. The summed E-state index contributed by atoms with van der Waals surface area (Å²) in [5.74, 6) is -0.675. The molecule has 0 atom stereocenters. The van der Waals surface area contributed by atoms with E-state index in [-0.39, 0.29) is 40.8 Å². The van der Waals surface area contributed by atoms with Crippen LogP contribution in [0.4, 0.5) is 0 Å². The molecule has 0 aliphatic rings. The molecule has 0 radical (unpaired) electrons. The van der Waals surface area contributed by atoms with Gasteiger partial charge >= 0.3 is 5.97 Å². The molecule has 3 heteroatoms. The molecule has 0 bridgehead atoms. The van der Waals surface area contributed by atoms with E-state index in [4.69, 9.17) is 5.11 Å². The van der Waals surface area contributed by atoms with Crippen LogP contribution in [0.5, 0.6) is 0 Å². The van der Waals surface area contributed by atoms with Crippen LogP contribution in [-0.4, -0.2) is 11.1 Å². The Balaban J connectivity index is -0.000000340. The first kappa shape index (κ1) is 22.5. The van der Waals surface area contributed by atoms with Crippen molar-refractivity contribution in [3.63, 3.8) is 0 Å². The molecule has 0 heterocycles. The van der Waals surface area contributed by atoms with Gasteiger partial charge in [0.1, 0.15) is 0 Å². The van der Waals surface area contributed by atoms with Crippen LogP contribution in [0.1, 0.15) is 52.9 Å². The van der Waals surface area contributed by atoms with Crippen LogP contribution in [0.15, 0.2) is 25.3 Å². The summed E-state index contributed by atoms with van der Waals surface area (Å²) in [7, 11) is 0. The molecule has 0 saturated heterocycles. The molecule has 0 aliphatic carbocycles. The summed E-state index contributed by atoms with van der Waals surface area (Å²) in [4.78, 5) is 10.2.